The molecule has 2 aliphatic heterocycles. The van der Waals surface area contributed by atoms with Gasteiger partial charge in [0.15, 0.2) is 0 Å². The summed E-state index contributed by atoms with van der Waals surface area (Å²) in [7, 11) is 4.67. The minimum absolute atomic E-state index is 0.0458. The molecule has 344 valence electrons. The Balaban J connectivity index is 1.39. The summed E-state index contributed by atoms with van der Waals surface area (Å²) in [6, 6.07) is 8.40. The molecular weight excluding hydrogens is 829 g/mol. The maximum absolute atomic E-state index is 14.3. The van der Waals surface area contributed by atoms with Crippen molar-refractivity contribution in [1.29, 1.82) is 0 Å². The summed E-state index contributed by atoms with van der Waals surface area (Å²) in [5.74, 6) is -2.77. The van der Waals surface area contributed by atoms with Crippen molar-refractivity contribution in [2.75, 3.05) is 64.7 Å². The van der Waals surface area contributed by atoms with Gasteiger partial charge in [-0.3, -0.25) is 33.8 Å². The maximum Gasteiger partial charge on any atom is 0.324 e. The largest absolute Gasteiger partial charge is 0.772 e. The van der Waals surface area contributed by atoms with Gasteiger partial charge in [-0.05, 0) is 74.1 Å². The third-order valence-corrected chi connectivity index (χ3v) is 13.2. The Bertz CT molecular complexity index is 2190. The number of ether oxygens (including phenoxy) is 3. The van der Waals surface area contributed by atoms with E-state index in [1.165, 1.54) is 18.1 Å². The second kappa shape index (κ2) is 20.4. The predicted octanol–water partition coefficient (Wildman–Crippen LogP) is 3.58. The van der Waals surface area contributed by atoms with Gasteiger partial charge in [0, 0.05) is 99.4 Å². The number of aryl methyl sites for hydroxylation is 1. The number of hydrogen-bond donors (Lipinski definition) is 3. The van der Waals surface area contributed by atoms with Crippen LogP contribution in [0.4, 0.5) is 5.69 Å². The number of esters is 1. The molecule has 0 saturated carbocycles. The number of nitrogens with one attached hydrogen (secondary N) is 3. The van der Waals surface area contributed by atoms with E-state index in [1.54, 1.807) is 30.2 Å². The van der Waals surface area contributed by atoms with Crippen LogP contribution in [0.5, 0.6) is 0 Å². The van der Waals surface area contributed by atoms with Crippen molar-refractivity contribution in [2.24, 2.45) is 17.3 Å². The quantitative estimate of drug-likeness (QED) is 0.0726. The van der Waals surface area contributed by atoms with Crippen LogP contribution in [0.25, 0.3) is 22.2 Å². The number of pyridine rings is 1. The number of benzene rings is 1. The smallest absolute Gasteiger partial charge is 0.324 e. The van der Waals surface area contributed by atoms with E-state index in [0.717, 1.165) is 46.4 Å². The van der Waals surface area contributed by atoms with Crippen molar-refractivity contribution < 1.29 is 42.2 Å². The SMILES string of the molecule is C=CC(=O)N1CC[C@H](C(=O)N(C)[C@H](C(=O)NC(OC)N(CCS(=O)[O-])c2ccc3c(c2)c2c(n3CC)-c3cccnc3[C@@H](OC)C2C(C)(C)COC(=O)[C@@H]2CCCNN2)C(C)C)C1. The molecule has 2 aromatic heterocycles. The number of rotatable bonds is 18. The van der Waals surface area contributed by atoms with E-state index in [-0.39, 0.29) is 55.1 Å². The second-order valence-corrected chi connectivity index (χ2v) is 18.6. The van der Waals surface area contributed by atoms with Crippen LogP contribution >= 0.6 is 0 Å². The van der Waals surface area contributed by atoms with Crippen molar-refractivity contribution in [3.05, 3.63) is 60.4 Å². The molecule has 0 spiro atoms. The monoisotopic (exact) mass is 891 g/mol. The van der Waals surface area contributed by atoms with Crippen LogP contribution in [0, 0.1) is 17.3 Å². The van der Waals surface area contributed by atoms with Crippen LogP contribution in [-0.4, -0.2) is 130 Å². The number of carbonyl (C=O) groups excluding carboxylic acids is 4. The van der Waals surface area contributed by atoms with E-state index in [9.17, 15) is 27.9 Å². The van der Waals surface area contributed by atoms with E-state index >= 15 is 0 Å². The Morgan fingerprint density at radius 1 is 1.17 bits per heavy atom. The maximum atomic E-state index is 14.3. The lowest BCUT2D eigenvalue weighted by molar-refractivity contribution is -0.151. The summed E-state index contributed by atoms with van der Waals surface area (Å²) in [5, 5.41) is 3.84. The van der Waals surface area contributed by atoms with Crippen LogP contribution in [0.1, 0.15) is 77.2 Å². The van der Waals surface area contributed by atoms with E-state index in [2.05, 4.69) is 48.1 Å². The number of likely N-dealkylation sites (N-methyl/N-ethyl adjacent to an activating group) is 1. The van der Waals surface area contributed by atoms with Gasteiger partial charge >= 0.3 is 5.97 Å². The van der Waals surface area contributed by atoms with Gasteiger partial charge in [0.05, 0.1) is 23.9 Å². The number of hydrazine groups is 1. The van der Waals surface area contributed by atoms with Crippen LogP contribution in [0.2, 0.25) is 0 Å². The molecular formula is C45H63N8O9S-. The molecule has 4 heterocycles. The lowest BCUT2D eigenvalue weighted by Gasteiger charge is -2.42. The molecule has 1 aromatic carbocycles. The first-order valence-corrected chi connectivity index (χ1v) is 23.0. The van der Waals surface area contributed by atoms with Gasteiger partial charge in [0.1, 0.15) is 18.2 Å². The summed E-state index contributed by atoms with van der Waals surface area (Å²) < 4.78 is 44.9. The van der Waals surface area contributed by atoms with E-state index in [0.29, 0.717) is 31.6 Å². The summed E-state index contributed by atoms with van der Waals surface area (Å²) in [4.78, 5) is 63.3. The first kappa shape index (κ1) is 47.8. The van der Waals surface area contributed by atoms with E-state index in [4.69, 9.17) is 19.2 Å². The number of carbonyl (C=O) groups is 4. The molecule has 0 bridgehead atoms. The molecule has 3 N–H and O–H groups in total. The molecule has 3 unspecified atom stereocenters. The Kier molecular flexibility index (Phi) is 15.5. The standard InChI is InChI=1S/C45H64N8O9S/c1-10-34(54)51-21-18-28(25-51)42(56)50(7)38(27(3)4)41(55)48-44(61-9)53(22-23-63(58)59)29-16-17-33-31(24-29)35-36(45(5,6)26-62-43(57)32-15-13-20-47-49-32)40(60-8)37-30(14-12-19-46-37)39(35)52(33)11-2/h10,12,14,16-17,19,24,27-28,32,36,38,40,44,47,49H,1,11,13,15,18,20-23,25-26H2,2-9H3,(H,48,55)(H,58,59)/p-1/t28-,32-,36?,38-,40-,44?/m0/s1. The predicted molar refractivity (Wildman–Crippen MR) is 239 cm³/mol. The van der Waals surface area contributed by atoms with Gasteiger partial charge in [-0.1, -0.05) is 45.4 Å². The van der Waals surface area contributed by atoms with E-state index in [1.807, 2.05) is 44.2 Å². The molecule has 0 radical (unpaired) electrons. The molecule has 3 aromatic rings. The number of aromatic nitrogens is 2. The highest BCUT2D eigenvalue weighted by molar-refractivity contribution is 7.79. The zero-order valence-electron chi connectivity index (χ0n) is 37.7. The third kappa shape index (κ3) is 9.85. The van der Waals surface area contributed by atoms with Crippen LogP contribution in [-0.2, 0) is 51.0 Å². The van der Waals surface area contributed by atoms with Crippen molar-refractivity contribution in [1.82, 2.24) is 35.5 Å². The highest BCUT2D eigenvalue weighted by Gasteiger charge is 2.47. The van der Waals surface area contributed by atoms with Gasteiger partial charge in [-0.2, -0.15) is 0 Å². The summed E-state index contributed by atoms with van der Waals surface area (Å²) >= 11 is -2.44. The Hall–Kier alpha value is -4.72. The molecule has 2 saturated heterocycles. The van der Waals surface area contributed by atoms with Crippen LogP contribution < -0.4 is 21.1 Å². The number of nitrogens with zero attached hydrogens (tertiary/aromatic N) is 5. The first-order chi connectivity index (χ1) is 30.1. The van der Waals surface area contributed by atoms with Gasteiger partial charge < -0.3 is 43.3 Å². The van der Waals surface area contributed by atoms with Crippen molar-refractivity contribution in [3.63, 3.8) is 0 Å². The number of methoxy groups -OCH3 is 2. The van der Waals surface area contributed by atoms with Crippen molar-refractivity contribution in [2.45, 2.75) is 90.9 Å². The Labute approximate surface area is 372 Å². The summed E-state index contributed by atoms with van der Waals surface area (Å²) in [6.45, 7) is 15.5. The Morgan fingerprint density at radius 2 is 1.94 bits per heavy atom. The van der Waals surface area contributed by atoms with Gasteiger partial charge in [-0.25, -0.2) is 5.43 Å². The lowest BCUT2D eigenvalue weighted by Crippen LogP contribution is -2.58. The molecule has 7 atom stereocenters. The fourth-order valence-electron chi connectivity index (χ4n) is 9.64. The van der Waals surface area contributed by atoms with E-state index < -0.39 is 52.9 Å². The van der Waals surface area contributed by atoms with Crippen LogP contribution in [0.3, 0.4) is 0 Å². The lowest BCUT2D eigenvalue weighted by atomic mass is 9.67. The summed E-state index contributed by atoms with van der Waals surface area (Å²) in [5.41, 5.74) is 10.5. The highest BCUT2D eigenvalue weighted by atomic mass is 32.2. The number of anilines is 1. The number of likely N-dealkylation sites (tertiary alicyclic amines) is 1. The number of hydrogen-bond acceptors (Lipinski definition) is 13. The third-order valence-electron chi connectivity index (χ3n) is 12.7. The average molecular weight is 892 g/mol. The first-order valence-electron chi connectivity index (χ1n) is 21.7. The fourth-order valence-corrected chi connectivity index (χ4v) is 9.98. The average Bonchev–Trinajstić information content (AvgIpc) is 3.90. The topological polar surface area (TPSA) is 200 Å². The zero-order chi connectivity index (χ0) is 45.7. The molecule has 3 amide bonds. The molecule has 63 heavy (non-hydrogen) atoms. The molecule has 17 nitrogen and oxygen atoms in total. The van der Waals surface area contributed by atoms with Crippen molar-refractivity contribution >= 4 is 51.4 Å². The second-order valence-electron chi connectivity index (χ2n) is 17.6. The number of amides is 3. The molecule has 18 heteroatoms. The van der Waals surface area contributed by atoms with Gasteiger partial charge in [0.25, 0.3) is 0 Å². The van der Waals surface area contributed by atoms with Gasteiger partial charge in [-0.15, -0.1) is 0 Å². The van der Waals surface area contributed by atoms with Crippen LogP contribution in [0.15, 0.2) is 49.2 Å². The zero-order valence-corrected chi connectivity index (χ0v) is 38.5. The molecule has 1 aliphatic carbocycles. The molecule has 2 fully saturated rings. The number of fused-ring (bicyclic) bond motifs is 5. The van der Waals surface area contributed by atoms with Gasteiger partial charge in [0.2, 0.25) is 24.1 Å². The highest BCUT2D eigenvalue weighted by Crippen LogP contribution is 2.57. The molecule has 6 rings (SSSR count). The minimum Gasteiger partial charge on any atom is -0.772 e. The minimum atomic E-state index is -2.44. The Morgan fingerprint density at radius 3 is 2.57 bits per heavy atom. The summed E-state index contributed by atoms with van der Waals surface area (Å²) in [6.07, 6.45) is 3.28. The molecule has 3 aliphatic rings. The van der Waals surface area contributed by atoms with Crippen molar-refractivity contribution in [3.8, 4) is 11.3 Å². The fraction of sp³-hybridized carbons (Fsp3) is 0.578. The normalized spacial score (nSPS) is 21.3.